The number of nitrogens with one attached hydrogen (secondary N) is 1. The van der Waals surface area contributed by atoms with Gasteiger partial charge in [0.15, 0.2) is 0 Å². The molecule has 0 aromatic heterocycles. The average Bonchev–Trinajstić information content (AvgIpc) is 2.37. The second-order valence-corrected chi connectivity index (χ2v) is 5.09. The zero-order valence-corrected chi connectivity index (χ0v) is 11.8. The van der Waals surface area contributed by atoms with Crippen molar-refractivity contribution in [3.05, 3.63) is 64.2 Å². The van der Waals surface area contributed by atoms with Crippen LogP contribution in [0.1, 0.15) is 27.8 Å². The second-order valence-electron chi connectivity index (χ2n) is 5.09. The zero-order valence-electron chi connectivity index (χ0n) is 11.8. The van der Waals surface area contributed by atoms with E-state index in [1.54, 1.807) is 0 Å². The highest BCUT2D eigenvalue weighted by Crippen LogP contribution is 2.18. The van der Waals surface area contributed by atoms with Crippen LogP contribution >= 0.6 is 0 Å². The molecular formula is C17H21NO. The number of anilines is 1. The summed E-state index contributed by atoms with van der Waals surface area (Å²) in [5.41, 5.74) is 7.28. The van der Waals surface area contributed by atoms with Gasteiger partial charge in [0.1, 0.15) is 0 Å². The van der Waals surface area contributed by atoms with Crippen molar-refractivity contribution in [1.29, 1.82) is 0 Å². The highest BCUT2D eigenvalue weighted by atomic mass is 16.3. The summed E-state index contributed by atoms with van der Waals surface area (Å²) in [6.45, 7) is 7.33. The quantitative estimate of drug-likeness (QED) is 0.872. The van der Waals surface area contributed by atoms with Gasteiger partial charge in [-0.25, -0.2) is 0 Å². The van der Waals surface area contributed by atoms with E-state index in [9.17, 15) is 0 Å². The van der Waals surface area contributed by atoms with Crippen LogP contribution in [-0.4, -0.2) is 5.11 Å². The molecule has 2 aromatic carbocycles. The SMILES string of the molecule is Cc1cc(C)c(CNc2cccc(CO)c2)c(C)c1. The van der Waals surface area contributed by atoms with Gasteiger partial charge in [-0.2, -0.15) is 0 Å². The van der Waals surface area contributed by atoms with Gasteiger partial charge in [-0.15, -0.1) is 0 Å². The molecule has 2 aromatic rings. The lowest BCUT2D eigenvalue weighted by atomic mass is 10.00. The Kier molecular flexibility index (Phi) is 4.23. The van der Waals surface area contributed by atoms with E-state index in [0.29, 0.717) is 0 Å². The monoisotopic (exact) mass is 255 g/mol. The largest absolute Gasteiger partial charge is 0.392 e. The van der Waals surface area contributed by atoms with Gasteiger partial charge in [0.25, 0.3) is 0 Å². The van der Waals surface area contributed by atoms with Gasteiger partial charge in [-0.05, 0) is 55.2 Å². The van der Waals surface area contributed by atoms with Crippen LogP contribution in [0.4, 0.5) is 5.69 Å². The number of aliphatic hydroxyl groups is 1. The van der Waals surface area contributed by atoms with Crippen LogP contribution in [0.2, 0.25) is 0 Å². The Hall–Kier alpha value is -1.80. The van der Waals surface area contributed by atoms with Crippen LogP contribution in [0.5, 0.6) is 0 Å². The predicted molar refractivity (Wildman–Crippen MR) is 80.3 cm³/mol. The molecule has 0 aliphatic carbocycles. The van der Waals surface area contributed by atoms with Gasteiger partial charge in [0.2, 0.25) is 0 Å². The summed E-state index contributed by atoms with van der Waals surface area (Å²) < 4.78 is 0. The molecule has 0 saturated heterocycles. The summed E-state index contributed by atoms with van der Waals surface area (Å²) in [5, 5.41) is 12.6. The Morgan fingerprint density at radius 1 is 1.00 bits per heavy atom. The van der Waals surface area contributed by atoms with Crippen molar-refractivity contribution in [1.82, 2.24) is 0 Å². The van der Waals surface area contributed by atoms with E-state index in [1.807, 2.05) is 24.3 Å². The van der Waals surface area contributed by atoms with Crippen molar-refractivity contribution < 1.29 is 5.11 Å². The number of hydrogen-bond acceptors (Lipinski definition) is 2. The molecule has 2 nitrogen and oxygen atoms in total. The van der Waals surface area contributed by atoms with E-state index >= 15 is 0 Å². The number of aliphatic hydroxyl groups excluding tert-OH is 1. The maximum Gasteiger partial charge on any atom is 0.0682 e. The molecule has 100 valence electrons. The molecule has 0 atom stereocenters. The van der Waals surface area contributed by atoms with E-state index < -0.39 is 0 Å². The standard InChI is InChI=1S/C17H21NO/c1-12-7-13(2)17(14(3)8-12)10-18-16-6-4-5-15(9-16)11-19/h4-9,18-19H,10-11H2,1-3H3. The van der Waals surface area contributed by atoms with Gasteiger partial charge >= 0.3 is 0 Å². The van der Waals surface area contributed by atoms with Crippen molar-refractivity contribution in [2.75, 3.05) is 5.32 Å². The van der Waals surface area contributed by atoms with Gasteiger partial charge in [0, 0.05) is 12.2 Å². The fourth-order valence-corrected chi connectivity index (χ4v) is 2.46. The van der Waals surface area contributed by atoms with E-state index in [1.165, 1.54) is 22.3 Å². The Morgan fingerprint density at radius 2 is 1.68 bits per heavy atom. The first-order chi connectivity index (χ1) is 9.10. The maximum absolute atomic E-state index is 9.14. The Bertz CT molecular complexity index is 552. The van der Waals surface area contributed by atoms with E-state index in [2.05, 4.69) is 38.2 Å². The van der Waals surface area contributed by atoms with Crippen LogP contribution in [0.25, 0.3) is 0 Å². The Morgan fingerprint density at radius 3 is 2.32 bits per heavy atom. The van der Waals surface area contributed by atoms with E-state index in [-0.39, 0.29) is 6.61 Å². The molecule has 2 rings (SSSR count). The fourth-order valence-electron chi connectivity index (χ4n) is 2.46. The molecule has 0 unspecified atom stereocenters. The number of hydrogen-bond donors (Lipinski definition) is 2. The molecule has 0 heterocycles. The smallest absolute Gasteiger partial charge is 0.0682 e. The third-order valence-corrected chi connectivity index (χ3v) is 3.42. The lowest BCUT2D eigenvalue weighted by molar-refractivity contribution is 0.282. The molecule has 0 amide bonds. The molecule has 2 heteroatoms. The highest BCUT2D eigenvalue weighted by molar-refractivity contribution is 5.48. The summed E-state index contributed by atoms with van der Waals surface area (Å²) in [4.78, 5) is 0. The third-order valence-electron chi connectivity index (χ3n) is 3.42. The average molecular weight is 255 g/mol. The lowest BCUT2D eigenvalue weighted by Crippen LogP contribution is -2.04. The summed E-state index contributed by atoms with van der Waals surface area (Å²) >= 11 is 0. The topological polar surface area (TPSA) is 32.3 Å². The minimum atomic E-state index is 0.0815. The van der Waals surface area contributed by atoms with Crippen LogP contribution in [0, 0.1) is 20.8 Å². The molecule has 0 bridgehead atoms. The molecule has 2 N–H and O–H groups in total. The molecule has 0 saturated carbocycles. The van der Waals surface area contributed by atoms with Gasteiger partial charge in [-0.3, -0.25) is 0 Å². The minimum Gasteiger partial charge on any atom is -0.392 e. The molecule has 0 aliphatic rings. The lowest BCUT2D eigenvalue weighted by Gasteiger charge is -2.13. The normalized spacial score (nSPS) is 10.5. The molecule has 0 spiro atoms. The highest BCUT2D eigenvalue weighted by Gasteiger charge is 2.04. The Balaban J connectivity index is 2.14. The molecule has 0 radical (unpaired) electrons. The summed E-state index contributed by atoms with van der Waals surface area (Å²) in [7, 11) is 0. The summed E-state index contributed by atoms with van der Waals surface area (Å²) in [6, 6.07) is 12.3. The van der Waals surface area contributed by atoms with Crippen LogP contribution < -0.4 is 5.32 Å². The van der Waals surface area contributed by atoms with Crippen molar-refractivity contribution in [3.63, 3.8) is 0 Å². The first kappa shape index (κ1) is 13.6. The van der Waals surface area contributed by atoms with Crippen LogP contribution in [0.15, 0.2) is 36.4 Å². The van der Waals surface area contributed by atoms with E-state index in [0.717, 1.165) is 17.8 Å². The van der Waals surface area contributed by atoms with E-state index in [4.69, 9.17) is 5.11 Å². The van der Waals surface area contributed by atoms with Gasteiger partial charge in [0.05, 0.1) is 6.61 Å². The fraction of sp³-hybridized carbons (Fsp3) is 0.294. The number of aryl methyl sites for hydroxylation is 3. The summed E-state index contributed by atoms with van der Waals surface area (Å²) in [5.74, 6) is 0. The van der Waals surface area contributed by atoms with Crippen molar-refractivity contribution >= 4 is 5.69 Å². The predicted octanol–water partition coefficient (Wildman–Crippen LogP) is 3.72. The van der Waals surface area contributed by atoms with Gasteiger partial charge < -0.3 is 10.4 Å². The first-order valence-electron chi connectivity index (χ1n) is 6.60. The number of rotatable bonds is 4. The first-order valence-corrected chi connectivity index (χ1v) is 6.60. The summed E-state index contributed by atoms with van der Waals surface area (Å²) in [6.07, 6.45) is 0. The molecule has 0 aliphatic heterocycles. The Labute approximate surface area is 115 Å². The van der Waals surface area contributed by atoms with Crippen molar-refractivity contribution in [2.45, 2.75) is 33.9 Å². The van der Waals surface area contributed by atoms with Crippen LogP contribution in [-0.2, 0) is 13.2 Å². The molecule has 19 heavy (non-hydrogen) atoms. The third kappa shape index (κ3) is 3.36. The maximum atomic E-state index is 9.14. The number of benzene rings is 2. The molecule has 0 fully saturated rings. The van der Waals surface area contributed by atoms with Gasteiger partial charge in [-0.1, -0.05) is 29.8 Å². The van der Waals surface area contributed by atoms with Crippen molar-refractivity contribution in [2.24, 2.45) is 0 Å². The second kappa shape index (κ2) is 5.89. The van der Waals surface area contributed by atoms with Crippen LogP contribution in [0.3, 0.4) is 0 Å². The minimum absolute atomic E-state index is 0.0815. The van der Waals surface area contributed by atoms with Crippen molar-refractivity contribution in [3.8, 4) is 0 Å². The zero-order chi connectivity index (χ0) is 13.8. The molecular weight excluding hydrogens is 234 g/mol.